The van der Waals surface area contributed by atoms with E-state index in [9.17, 15) is 0 Å². The highest BCUT2D eigenvalue weighted by Crippen LogP contribution is 2.14. The normalized spacial score (nSPS) is 16.8. The first-order chi connectivity index (χ1) is 8.24. The van der Waals surface area contributed by atoms with Gasteiger partial charge in [-0.2, -0.15) is 0 Å². The molecule has 0 aliphatic heterocycles. The maximum Gasteiger partial charge on any atom is 0.0558 e. The highest BCUT2D eigenvalue weighted by atomic mass is 16.3. The van der Waals surface area contributed by atoms with Gasteiger partial charge in [-0.25, -0.2) is 0 Å². The van der Waals surface area contributed by atoms with E-state index >= 15 is 0 Å². The number of nitrogens with zero attached hydrogens (tertiary/aromatic N) is 1. The second-order valence-electron chi connectivity index (χ2n) is 4.41. The Morgan fingerprint density at radius 2 is 1.24 bits per heavy atom. The van der Waals surface area contributed by atoms with Gasteiger partial charge in [0.15, 0.2) is 0 Å². The lowest BCUT2D eigenvalue weighted by molar-refractivity contribution is 0.136. The SMILES string of the molecule is NC1CCCCC1.OCCN(CCO)CCO. The van der Waals surface area contributed by atoms with Gasteiger partial charge in [0.2, 0.25) is 0 Å². The zero-order valence-electron chi connectivity index (χ0n) is 10.7. The Morgan fingerprint density at radius 3 is 1.47 bits per heavy atom. The Hall–Kier alpha value is -0.200. The Morgan fingerprint density at radius 1 is 0.824 bits per heavy atom. The van der Waals surface area contributed by atoms with Crippen molar-refractivity contribution in [3.63, 3.8) is 0 Å². The van der Waals surface area contributed by atoms with Crippen LogP contribution in [0.1, 0.15) is 32.1 Å². The minimum atomic E-state index is 0.0694. The molecule has 0 amide bonds. The summed E-state index contributed by atoms with van der Waals surface area (Å²) in [4.78, 5) is 1.79. The van der Waals surface area contributed by atoms with Crippen LogP contribution in [0.3, 0.4) is 0 Å². The second kappa shape index (κ2) is 12.3. The summed E-state index contributed by atoms with van der Waals surface area (Å²) < 4.78 is 0. The van der Waals surface area contributed by atoms with Crippen LogP contribution in [0.5, 0.6) is 0 Å². The first-order valence-electron chi connectivity index (χ1n) is 6.55. The van der Waals surface area contributed by atoms with Crippen molar-refractivity contribution in [1.82, 2.24) is 4.90 Å². The Labute approximate surface area is 104 Å². The summed E-state index contributed by atoms with van der Waals surface area (Å²) in [5, 5.41) is 25.5. The maximum absolute atomic E-state index is 8.48. The van der Waals surface area contributed by atoms with Crippen molar-refractivity contribution in [3.8, 4) is 0 Å². The fourth-order valence-corrected chi connectivity index (χ4v) is 1.89. The van der Waals surface area contributed by atoms with Crippen LogP contribution in [0.4, 0.5) is 0 Å². The molecule has 0 aromatic heterocycles. The van der Waals surface area contributed by atoms with Crippen LogP contribution in [0, 0.1) is 0 Å². The van der Waals surface area contributed by atoms with E-state index in [0.717, 1.165) is 0 Å². The third-order valence-electron chi connectivity index (χ3n) is 2.90. The molecule has 5 N–H and O–H groups in total. The molecular formula is C12H28N2O3. The first-order valence-corrected chi connectivity index (χ1v) is 6.55. The fraction of sp³-hybridized carbons (Fsp3) is 1.00. The van der Waals surface area contributed by atoms with Crippen LogP contribution < -0.4 is 5.73 Å². The van der Waals surface area contributed by atoms with Crippen molar-refractivity contribution < 1.29 is 15.3 Å². The molecular weight excluding hydrogens is 220 g/mol. The topological polar surface area (TPSA) is 90.0 Å². The van der Waals surface area contributed by atoms with Crippen molar-refractivity contribution in [2.45, 2.75) is 38.1 Å². The lowest BCUT2D eigenvalue weighted by Gasteiger charge is -2.17. The predicted octanol–water partition coefficient (Wildman–Crippen LogP) is -0.457. The fourth-order valence-electron chi connectivity index (χ4n) is 1.89. The average molecular weight is 248 g/mol. The van der Waals surface area contributed by atoms with Gasteiger partial charge >= 0.3 is 0 Å². The van der Waals surface area contributed by atoms with E-state index in [-0.39, 0.29) is 19.8 Å². The molecule has 5 heteroatoms. The number of rotatable bonds is 6. The molecule has 0 spiro atoms. The smallest absolute Gasteiger partial charge is 0.0558 e. The van der Waals surface area contributed by atoms with Gasteiger partial charge in [0, 0.05) is 25.7 Å². The van der Waals surface area contributed by atoms with Gasteiger partial charge in [-0.15, -0.1) is 0 Å². The van der Waals surface area contributed by atoms with Crippen LogP contribution in [-0.2, 0) is 0 Å². The van der Waals surface area contributed by atoms with Crippen LogP contribution in [-0.4, -0.2) is 65.7 Å². The number of hydrogen-bond acceptors (Lipinski definition) is 5. The minimum absolute atomic E-state index is 0.0694. The summed E-state index contributed by atoms with van der Waals surface area (Å²) in [6.45, 7) is 1.75. The van der Waals surface area contributed by atoms with E-state index in [4.69, 9.17) is 21.1 Å². The largest absolute Gasteiger partial charge is 0.395 e. The Balaban J connectivity index is 0.000000318. The predicted molar refractivity (Wildman–Crippen MR) is 68.8 cm³/mol. The second-order valence-corrected chi connectivity index (χ2v) is 4.41. The minimum Gasteiger partial charge on any atom is -0.395 e. The molecule has 0 unspecified atom stereocenters. The van der Waals surface area contributed by atoms with E-state index in [1.807, 2.05) is 0 Å². The number of aliphatic hydroxyl groups is 3. The van der Waals surface area contributed by atoms with E-state index in [1.165, 1.54) is 32.1 Å². The van der Waals surface area contributed by atoms with Gasteiger partial charge in [0.25, 0.3) is 0 Å². The quantitative estimate of drug-likeness (QED) is 0.511. The molecule has 1 saturated carbocycles. The van der Waals surface area contributed by atoms with E-state index in [0.29, 0.717) is 25.7 Å². The molecule has 0 aromatic rings. The summed E-state index contributed by atoms with van der Waals surface area (Å²) >= 11 is 0. The number of aliphatic hydroxyl groups excluding tert-OH is 3. The molecule has 1 rings (SSSR count). The third-order valence-corrected chi connectivity index (χ3v) is 2.90. The molecule has 0 saturated heterocycles. The zero-order valence-corrected chi connectivity index (χ0v) is 10.7. The lowest BCUT2D eigenvalue weighted by atomic mass is 9.97. The van der Waals surface area contributed by atoms with Gasteiger partial charge < -0.3 is 21.1 Å². The van der Waals surface area contributed by atoms with Gasteiger partial charge in [0.05, 0.1) is 19.8 Å². The Kier molecular flexibility index (Phi) is 12.1. The number of hydrogen-bond donors (Lipinski definition) is 4. The lowest BCUT2D eigenvalue weighted by Crippen LogP contribution is -2.32. The van der Waals surface area contributed by atoms with Crippen LogP contribution in [0.25, 0.3) is 0 Å². The molecule has 0 bridgehead atoms. The van der Waals surface area contributed by atoms with Crippen molar-refractivity contribution in [2.75, 3.05) is 39.5 Å². The standard InChI is InChI=1S/C6H15NO3.C6H13N/c8-4-1-7(2-5-9)3-6-10;7-6-4-2-1-3-5-6/h8-10H,1-6H2;6H,1-5,7H2. The molecule has 0 atom stereocenters. The molecule has 104 valence electrons. The van der Waals surface area contributed by atoms with Gasteiger partial charge in [-0.05, 0) is 12.8 Å². The van der Waals surface area contributed by atoms with Crippen molar-refractivity contribution in [3.05, 3.63) is 0 Å². The number of nitrogens with two attached hydrogens (primary N) is 1. The molecule has 1 aliphatic carbocycles. The van der Waals surface area contributed by atoms with Gasteiger partial charge in [0.1, 0.15) is 0 Å². The molecule has 5 nitrogen and oxygen atoms in total. The van der Waals surface area contributed by atoms with Crippen LogP contribution >= 0.6 is 0 Å². The maximum atomic E-state index is 8.48. The third kappa shape index (κ3) is 10.7. The molecule has 1 fully saturated rings. The highest BCUT2D eigenvalue weighted by Gasteiger charge is 2.06. The molecule has 0 aromatic carbocycles. The van der Waals surface area contributed by atoms with Crippen molar-refractivity contribution >= 4 is 0 Å². The summed E-state index contributed by atoms with van der Waals surface area (Å²) in [7, 11) is 0. The zero-order chi connectivity index (χ0) is 12.9. The summed E-state index contributed by atoms with van der Waals surface area (Å²) in [5.41, 5.74) is 5.63. The molecule has 0 radical (unpaired) electrons. The summed E-state index contributed by atoms with van der Waals surface area (Å²) in [6, 6.07) is 0.536. The monoisotopic (exact) mass is 248 g/mol. The van der Waals surface area contributed by atoms with E-state index < -0.39 is 0 Å². The average Bonchev–Trinajstić information content (AvgIpc) is 2.32. The summed E-state index contributed by atoms with van der Waals surface area (Å²) in [6.07, 6.45) is 6.66. The molecule has 0 heterocycles. The first kappa shape index (κ1) is 16.8. The highest BCUT2D eigenvalue weighted by molar-refractivity contribution is 4.66. The van der Waals surface area contributed by atoms with E-state index in [1.54, 1.807) is 4.90 Å². The van der Waals surface area contributed by atoms with Crippen molar-refractivity contribution in [2.24, 2.45) is 5.73 Å². The van der Waals surface area contributed by atoms with Crippen LogP contribution in [0.2, 0.25) is 0 Å². The van der Waals surface area contributed by atoms with Gasteiger partial charge in [-0.1, -0.05) is 19.3 Å². The molecule has 1 aliphatic rings. The van der Waals surface area contributed by atoms with Crippen molar-refractivity contribution in [1.29, 1.82) is 0 Å². The Bertz CT molecular complexity index is 138. The van der Waals surface area contributed by atoms with Crippen LogP contribution in [0.15, 0.2) is 0 Å². The molecule has 17 heavy (non-hydrogen) atoms. The van der Waals surface area contributed by atoms with E-state index in [2.05, 4.69) is 0 Å². The summed E-state index contributed by atoms with van der Waals surface area (Å²) in [5.74, 6) is 0. The van der Waals surface area contributed by atoms with Gasteiger partial charge in [-0.3, -0.25) is 4.90 Å².